The van der Waals surface area contributed by atoms with Crippen LogP contribution in [0.25, 0.3) is 0 Å². The molecular weight excluding hydrogens is 274 g/mol. The quantitative estimate of drug-likeness (QED) is 0.790. The van der Waals surface area contributed by atoms with E-state index in [1.807, 2.05) is 27.7 Å². The smallest absolute Gasteiger partial charge is 0.263 e. The second kappa shape index (κ2) is 6.04. The molecule has 7 heteroatoms. The van der Waals surface area contributed by atoms with E-state index in [4.69, 9.17) is 0 Å². The van der Waals surface area contributed by atoms with Crippen LogP contribution in [0, 0.1) is 13.8 Å². The molecule has 0 saturated carbocycles. The van der Waals surface area contributed by atoms with Gasteiger partial charge in [0.1, 0.15) is 10.7 Å². The number of hydrogen-bond donors (Lipinski definition) is 3. The number of carbonyl (C=O) groups excluding carboxylic acids is 1. The van der Waals surface area contributed by atoms with Crippen molar-refractivity contribution in [3.05, 3.63) is 28.3 Å². The summed E-state index contributed by atoms with van der Waals surface area (Å²) >= 11 is 1.37. The number of aromatic nitrogens is 3. The summed E-state index contributed by atoms with van der Waals surface area (Å²) in [5.74, 6) is 0.635. The third-order valence-electron chi connectivity index (χ3n) is 2.81. The zero-order valence-corrected chi connectivity index (χ0v) is 12.9. The van der Waals surface area contributed by atoms with Crippen LogP contribution in [0.4, 0.5) is 5.13 Å². The lowest BCUT2D eigenvalue weighted by atomic mass is 10.3. The Kier molecular flexibility index (Phi) is 4.39. The van der Waals surface area contributed by atoms with E-state index in [9.17, 15) is 4.79 Å². The lowest BCUT2D eigenvalue weighted by Gasteiger charge is -2.10. The number of aromatic amines is 1. The predicted octanol–water partition coefficient (Wildman–Crippen LogP) is 2.41. The Balaban J connectivity index is 2.08. The van der Waals surface area contributed by atoms with Gasteiger partial charge in [0.05, 0.1) is 11.7 Å². The molecule has 1 unspecified atom stereocenters. The number of thiazole rings is 1. The van der Waals surface area contributed by atoms with Crippen LogP contribution >= 0.6 is 11.3 Å². The number of rotatable bonds is 5. The molecule has 3 N–H and O–H groups in total. The minimum atomic E-state index is -0.166. The Bertz CT molecular complexity index is 604. The van der Waals surface area contributed by atoms with Gasteiger partial charge in [0.25, 0.3) is 5.91 Å². The van der Waals surface area contributed by atoms with Gasteiger partial charge < -0.3 is 15.6 Å². The Morgan fingerprint density at radius 3 is 2.85 bits per heavy atom. The van der Waals surface area contributed by atoms with Crippen molar-refractivity contribution >= 4 is 22.4 Å². The highest BCUT2D eigenvalue weighted by Crippen LogP contribution is 2.23. The zero-order chi connectivity index (χ0) is 14.7. The van der Waals surface area contributed by atoms with E-state index in [1.165, 1.54) is 11.3 Å². The molecule has 0 saturated heterocycles. The number of imidazole rings is 1. The van der Waals surface area contributed by atoms with Gasteiger partial charge in [0.15, 0.2) is 5.13 Å². The first kappa shape index (κ1) is 14.5. The van der Waals surface area contributed by atoms with E-state index in [2.05, 4.69) is 25.6 Å². The lowest BCUT2D eigenvalue weighted by Crippen LogP contribution is -2.27. The molecule has 0 radical (unpaired) electrons. The molecule has 2 aromatic rings. The van der Waals surface area contributed by atoms with E-state index < -0.39 is 0 Å². The van der Waals surface area contributed by atoms with Crippen LogP contribution in [0.2, 0.25) is 0 Å². The molecule has 2 heterocycles. The van der Waals surface area contributed by atoms with E-state index in [0.717, 1.165) is 28.9 Å². The predicted molar refractivity (Wildman–Crippen MR) is 80.2 cm³/mol. The molecule has 1 atom stereocenters. The van der Waals surface area contributed by atoms with Crippen molar-refractivity contribution in [3.8, 4) is 0 Å². The van der Waals surface area contributed by atoms with Crippen LogP contribution in [0.1, 0.15) is 46.8 Å². The molecule has 0 aliphatic rings. The molecule has 0 aliphatic carbocycles. The number of amides is 1. The van der Waals surface area contributed by atoms with E-state index in [0.29, 0.717) is 4.88 Å². The minimum absolute atomic E-state index is 0.120. The fourth-order valence-electron chi connectivity index (χ4n) is 1.82. The number of nitrogens with zero attached hydrogens (tertiary/aromatic N) is 2. The van der Waals surface area contributed by atoms with Gasteiger partial charge in [0, 0.05) is 18.4 Å². The first-order valence-corrected chi connectivity index (χ1v) is 7.36. The highest BCUT2D eigenvalue weighted by atomic mass is 32.1. The molecule has 0 fully saturated rings. The first-order valence-electron chi connectivity index (χ1n) is 6.55. The molecule has 6 nitrogen and oxygen atoms in total. The molecule has 108 valence electrons. The van der Waals surface area contributed by atoms with E-state index in [1.54, 1.807) is 6.20 Å². The largest absolute Gasteiger partial charge is 0.362 e. The summed E-state index contributed by atoms with van der Waals surface area (Å²) in [6, 6.07) is -0.166. The van der Waals surface area contributed by atoms with Crippen molar-refractivity contribution in [3.63, 3.8) is 0 Å². The van der Waals surface area contributed by atoms with Gasteiger partial charge in [-0.2, -0.15) is 0 Å². The highest BCUT2D eigenvalue weighted by Gasteiger charge is 2.18. The highest BCUT2D eigenvalue weighted by molar-refractivity contribution is 7.17. The maximum Gasteiger partial charge on any atom is 0.263 e. The molecule has 0 aromatic carbocycles. The van der Waals surface area contributed by atoms with Crippen molar-refractivity contribution in [2.24, 2.45) is 0 Å². The maximum atomic E-state index is 12.3. The summed E-state index contributed by atoms with van der Waals surface area (Å²) in [7, 11) is 0. The average molecular weight is 293 g/mol. The summed E-state index contributed by atoms with van der Waals surface area (Å²) in [6.07, 6.45) is 1.75. The Labute approximate surface area is 122 Å². The monoisotopic (exact) mass is 293 g/mol. The second-order valence-corrected chi connectivity index (χ2v) is 5.61. The SMILES string of the molecule is CCNc1nc(C)c(C(=O)NC(C)c2ncc(C)[nH]2)s1. The summed E-state index contributed by atoms with van der Waals surface area (Å²) < 4.78 is 0. The van der Waals surface area contributed by atoms with Gasteiger partial charge in [-0.1, -0.05) is 11.3 Å². The summed E-state index contributed by atoms with van der Waals surface area (Å²) in [4.78, 5) is 24.6. The third kappa shape index (κ3) is 3.16. The summed E-state index contributed by atoms with van der Waals surface area (Å²) in [5, 5.41) is 6.83. The number of carbonyl (C=O) groups is 1. The van der Waals surface area contributed by atoms with E-state index >= 15 is 0 Å². The molecular formula is C13H19N5OS. The molecule has 20 heavy (non-hydrogen) atoms. The molecule has 2 aromatic heterocycles. The van der Waals surface area contributed by atoms with Gasteiger partial charge in [0.2, 0.25) is 0 Å². The average Bonchev–Trinajstić information content (AvgIpc) is 2.96. The fraction of sp³-hybridized carbons (Fsp3) is 0.462. The van der Waals surface area contributed by atoms with Crippen LogP contribution in [0.3, 0.4) is 0 Å². The Morgan fingerprint density at radius 1 is 1.50 bits per heavy atom. The molecule has 2 rings (SSSR count). The van der Waals surface area contributed by atoms with Crippen molar-refractivity contribution in [2.75, 3.05) is 11.9 Å². The number of hydrogen-bond acceptors (Lipinski definition) is 5. The van der Waals surface area contributed by atoms with Crippen LogP contribution < -0.4 is 10.6 Å². The fourth-order valence-corrected chi connectivity index (χ4v) is 2.75. The Morgan fingerprint density at radius 2 is 2.25 bits per heavy atom. The maximum absolute atomic E-state index is 12.3. The summed E-state index contributed by atoms with van der Waals surface area (Å²) in [5.41, 5.74) is 1.72. The number of H-pyrrole nitrogens is 1. The van der Waals surface area contributed by atoms with Gasteiger partial charge in [-0.15, -0.1) is 0 Å². The van der Waals surface area contributed by atoms with Crippen LogP contribution in [-0.4, -0.2) is 27.4 Å². The van der Waals surface area contributed by atoms with Crippen molar-refractivity contribution in [2.45, 2.75) is 33.7 Å². The standard InChI is InChI=1S/C13H19N5OS/c1-5-14-13-18-8(3)10(20-13)12(19)17-9(4)11-15-6-7(2)16-11/h6,9H,5H2,1-4H3,(H,14,18)(H,15,16)(H,17,19). The van der Waals surface area contributed by atoms with Crippen molar-refractivity contribution in [1.82, 2.24) is 20.3 Å². The molecule has 1 amide bonds. The van der Waals surface area contributed by atoms with Crippen LogP contribution in [0.5, 0.6) is 0 Å². The number of anilines is 1. The van der Waals surface area contributed by atoms with Crippen LogP contribution in [0.15, 0.2) is 6.20 Å². The Hall–Kier alpha value is -1.89. The van der Waals surface area contributed by atoms with E-state index in [-0.39, 0.29) is 11.9 Å². The van der Waals surface area contributed by atoms with Gasteiger partial charge >= 0.3 is 0 Å². The van der Waals surface area contributed by atoms with Crippen molar-refractivity contribution in [1.29, 1.82) is 0 Å². The third-order valence-corrected chi connectivity index (χ3v) is 3.93. The topological polar surface area (TPSA) is 82.7 Å². The lowest BCUT2D eigenvalue weighted by molar-refractivity contribution is 0.0941. The number of nitrogens with one attached hydrogen (secondary N) is 3. The van der Waals surface area contributed by atoms with Crippen molar-refractivity contribution < 1.29 is 4.79 Å². The van der Waals surface area contributed by atoms with Gasteiger partial charge in [-0.3, -0.25) is 4.79 Å². The van der Waals surface area contributed by atoms with Gasteiger partial charge in [-0.25, -0.2) is 9.97 Å². The van der Waals surface area contributed by atoms with Gasteiger partial charge in [-0.05, 0) is 27.7 Å². The summed E-state index contributed by atoms with van der Waals surface area (Å²) in [6.45, 7) is 8.46. The first-order chi connectivity index (χ1) is 9.51. The normalized spacial score (nSPS) is 12.2. The zero-order valence-electron chi connectivity index (χ0n) is 12.1. The molecule has 0 aliphatic heterocycles. The minimum Gasteiger partial charge on any atom is -0.362 e. The molecule has 0 bridgehead atoms. The number of aryl methyl sites for hydroxylation is 2. The second-order valence-electron chi connectivity index (χ2n) is 4.61. The molecule has 0 spiro atoms. The van der Waals surface area contributed by atoms with Crippen LogP contribution in [-0.2, 0) is 0 Å².